The van der Waals surface area contributed by atoms with Gasteiger partial charge in [0.15, 0.2) is 0 Å². The van der Waals surface area contributed by atoms with E-state index in [1.807, 2.05) is 0 Å². The van der Waals surface area contributed by atoms with Crippen LogP contribution >= 0.6 is 0 Å². The molecule has 0 aromatic carbocycles. The Hall–Kier alpha value is -0.830. The first-order chi connectivity index (χ1) is 8.07. The van der Waals surface area contributed by atoms with Crippen LogP contribution in [-0.4, -0.2) is 25.3 Å². The predicted octanol–water partition coefficient (Wildman–Crippen LogP) is 3.48. The third-order valence-corrected chi connectivity index (χ3v) is 2.60. The molecular weight excluding hydrogens is 216 g/mol. The van der Waals surface area contributed by atoms with Gasteiger partial charge in [-0.05, 0) is 39.5 Å². The molecule has 0 aliphatic heterocycles. The van der Waals surface area contributed by atoms with Crippen LogP contribution in [-0.2, 0) is 14.3 Å². The zero-order chi connectivity index (χ0) is 13.1. The fourth-order valence-corrected chi connectivity index (χ4v) is 1.25. The second-order valence-electron chi connectivity index (χ2n) is 4.42. The third kappa shape index (κ3) is 10.1. The van der Waals surface area contributed by atoms with Gasteiger partial charge in [-0.2, -0.15) is 0 Å². The van der Waals surface area contributed by atoms with E-state index in [2.05, 4.69) is 20.4 Å². The van der Waals surface area contributed by atoms with E-state index in [9.17, 15) is 4.79 Å². The highest BCUT2D eigenvalue weighted by atomic mass is 16.5. The van der Waals surface area contributed by atoms with Crippen molar-refractivity contribution < 1.29 is 14.3 Å². The van der Waals surface area contributed by atoms with Crippen LogP contribution in [0.25, 0.3) is 0 Å². The van der Waals surface area contributed by atoms with E-state index in [0.717, 1.165) is 38.7 Å². The fourth-order valence-electron chi connectivity index (χ4n) is 1.25. The zero-order valence-electron chi connectivity index (χ0n) is 11.5. The van der Waals surface area contributed by atoms with Crippen molar-refractivity contribution in [3.63, 3.8) is 0 Å². The Labute approximate surface area is 105 Å². The molecule has 17 heavy (non-hydrogen) atoms. The predicted molar refractivity (Wildman–Crippen MR) is 69.9 cm³/mol. The van der Waals surface area contributed by atoms with E-state index in [1.54, 1.807) is 6.92 Å². The van der Waals surface area contributed by atoms with E-state index < -0.39 is 0 Å². The maximum Gasteiger partial charge on any atom is 0.333 e. The first-order valence-corrected chi connectivity index (χ1v) is 6.52. The van der Waals surface area contributed by atoms with Crippen LogP contribution < -0.4 is 0 Å². The normalized spacial score (nSPS) is 12.2. The van der Waals surface area contributed by atoms with Gasteiger partial charge in [0.05, 0.1) is 12.7 Å². The molecule has 0 aromatic rings. The Morgan fingerprint density at radius 2 is 1.76 bits per heavy atom. The van der Waals surface area contributed by atoms with Gasteiger partial charge in [0, 0.05) is 12.2 Å². The Balaban J connectivity index is 3.19. The summed E-state index contributed by atoms with van der Waals surface area (Å²) in [7, 11) is 0. The van der Waals surface area contributed by atoms with Crippen LogP contribution in [0.3, 0.4) is 0 Å². The summed E-state index contributed by atoms with van der Waals surface area (Å²) < 4.78 is 10.6. The molecule has 3 heteroatoms. The van der Waals surface area contributed by atoms with Crippen molar-refractivity contribution in [2.45, 2.75) is 59.0 Å². The van der Waals surface area contributed by atoms with E-state index in [-0.39, 0.29) is 5.97 Å². The molecule has 0 heterocycles. The molecule has 0 aliphatic carbocycles. The van der Waals surface area contributed by atoms with Crippen LogP contribution in [0.1, 0.15) is 52.9 Å². The molecule has 100 valence electrons. The molecule has 0 saturated carbocycles. The maximum atomic E-state index is 11.0. The lowest BCUT2D eigenvalue weighted by Crippen LogP contribution is -2.08. The zero-order valence-corrected chi connectivity index (χ0v) is 11.5. The van der Waals surface area contributed by atoms with E-state index in [1.165, 1.54) is 0 Å². The molecule has 1 atom stereocenters. The summed E-state index contributed by atoms with van der Waals surface area (Å²) in [6.07, 6.45) is 5.64. The summed E-state index contributed by atoms with van der Waals surface area (Å²) in [5, 5.41) is 0. The van der Waals surface area contributed by atoms with Gasteiger partial charge < -0.3 is 9.47 Å². The minimum Gasteiger partial charge on any atom is -0.462 e. The minimum absolute atomic E-state index is 0.287. The maximum absolute atomic E-state index is 11.0. The highest BCUT2D eigenvalue weighted by Gasteiger charge is 2.02. The summed E-state index contributed by atoms with van der Waals surface area (Å²) in [6.45, 7) is 10.7. The van der Waals surface area contributed by atoms with Crippen molar-refractivity contribution in [1.82, 2.24) is 0 Å². The Morgan fingerprint density at radius 1 is 1.18 bits per heavy atom. The van der Waals surface area contributed by atoms with Crippen LogP contribution in [0.5, 0.6) is 0 Å². The highest BCUT2D eigenvalue weighted by molar-refractivity contribution is 5.86. The van der Waals surface area contributed by atoms with Gasteiger partial charge in [0.2, 0.25) is 0 Å². The average molecular weight is 242 g/mol. The van der Waals surface area contributed by atoms with Crippen LogP contribution in [0, 0.1) is 0 Å². The molecule has 0 aromatic heterocycles. The summed E-state index contributed by atoms with van der Waals surface area (Å²) in [6, 6.07) is 0. The molecule has 0 spiro atoms. The van der Waals surface area contributed by atoms with Crippen molar-refractivity contribution in [3.8, 4) is 0 Å². The van der Waals surface area contributed by atoms with Crippen molar-refractivity contribution in [3.05, 3.63) is 12.2 Å². The smallest absolute Gasteiger partial charge is 0.333 e. The highest BCUT2D eigenvalue weighted by Crippen LogP contribution is 2.04. The molecule has 0 radical (unpaired) electrons. The summed E-state index contributed by atoms with van der Waals surface area (Å²) in [5.41, 5.74) is 0.465. The molecule has 1 unspecified atom stereocenters. The number of carbonyl (C=O) groups is 1. The summed E-state index contributed by atoms with van der Waals surface area (Å²) >= 11 is 0. The van der Waals surface area contributed by atoms with Crippen LogP contribution in [0.15, 0.2) is 12.2 Å². The van der Waals surface area contributed by atoms with Crippen molar-refractivity contribution in [2.24, 2.45) is 0 Å². The number of ether oxygens (including phenoxy) is 2. The number of rotatable bonds is 10. The first-order valence-electron chi connectivity index (χ1n) is 6.52. The Bertz CT molecular complexity index is 224. The standard InChI is InChI=1S/C14H26O3/c1-5-13(4)16-10-8-6-7-9-11-17-14(15)12(2)3/h13H,2,5-11H2,1,3-4H3. The minimum atomic E-state index is -0.287. The molecular formula is C14H26O3. The second-order valence-corrected chi connectivity index (χ2v) is 4.42. The molecule has 0 saturated heterocycles. The van der Waals surface area contributed by atoms with Gasteiger partial charge in [-0.15, -0.1) is 0 Å². The fraction of sp³-hybridized carbons (Fsp3) is 0.786. The topological polar surface area (TPSA) is 35.5 Å². The SMILES string of the molecule is C=C(C)C(=O)OCCCCCCOC(C)CC. The van der Waals surface area contributed by atoms with E-state index in [4.69, 9.17) is 9.47 Å². The lowest BCUT2D eigenvalue weighted by Gasteiger charge is -2.10. The Kier molecular flexibility index (Phi) is 9.83. The van der Waals surface area contributed by atoms with Crippen LogP contribution in [0.2, 0.25) is 0 Å². The van der Waals surface area contributed by atoms with Gasteiger partial charge in [0.25, 0.3) is 0 Å². The van der Waals surface area contributed by atoms with Gasteiger partial charge in [0.1, 0.15) is 0 Å². The monoisotopic (exact) mass is 242 g/mol. The second kappa shape index (κ2) is 10.3. The van der Waals surface area contributed by atoms with Gasteiger partial charge in [-0.25, -0.2) is 4.79 Å². The quantitative estimate of drug-likeness (QED) is 0.334. The summed E-state index contributed by atoms with van der Waals surface area (Å²) in [4.78, 5) is 11.0. The van der Waals surface area contributed by atoms with Crippen molar-refractivity contribution in [2.75, 3.05) is 13.2 Å². The van der Waals surface area contributed by atoms with Crippen molar-refractivity contribution >= 4 is 5.97 Å². The lowest BCUT2D eigenvalue weighted by molar-refractivity contribution is -0.139. The number of hydrogen-bond donors (Lipinski definition) is 0. The number of carbonyl (C=O) groups excluding carboxylic acids is 1. The Morgan fingerprint density at radius 3 is 2.29 bits per heavy atom. The lowest BCUT2D eigenvalue weighted by atomic mass is 10.2. The third-order valence-electron chi connectivity index (χ3n) is 2.60. The molecule has 0 bridgehead atoms. The van der Waals surface area contributed by atoms with E-state index in [0.29, 0.717) is 18.3 Å². The molecule has 0 N–H and O–H groups in total. The molecule has 0 rings (SSSR count). The number of esters is 1. The largest absolute Gasteiger partial charge is 0.462 e. The van der Waals surface area contributed by atoms with Gasteiger partial charge in [-0.1, -0.05) is 19.9 Å². The molecule has 0 fully saturated rings. The van der Waals surface area contributed by atoms with Crippen molar-refractivity contribution in [1.29, 1.82) is 0 Å². The average Bonchev–Trinajstić information content (AvgIpc) is 2.31. The number of hydrogen-bond acceptors (Lipinski definition) is 3. The molecule has 0 amide bonds. The first kappa shape index (κ1) is 16.2. The molecule has 0 aliphatic rings. The molecule has 3 nitrogen and oxygen atoms in total. The van der Waals surface area contributed by atoms with E-state index >= 15 is 0 Å². The summed E-state index contributed by atoms with van der Waals surface area (Å²) in [5.74, 6) is -0.287. The van der Waals surface area contributed by atoms with Crippen LogP contribution in [0.4, 0.5) is 0 Å². The van der Waals surface area contributed by atoms with Gasteiger partial charge in [-0.3, -0.25) is 0 Å². The van der Waals surface area contributed by atoms with Gasteiger partial charge >= 0.3 is 5.97 Å². The number of unbranched alkanes of at least 4 members (excludes halogenated alkanes) is 3.